The van der Waals surface area contributed by atoms with Crippen molar-refractivity contribution in [1.29, 1.82) is 0 Å². The molecule has 0 unspecified atom stereocenters. The van der Waals surface area contributed by atoms with Gasteiger partial charge in [0.2, 0.25) is 17.8 Å². The zero-order chi connectivity index (χ0) is 13.1. The smallest absolute Gasteiger partial charge is 0.322 e. The van der Waals surface area contributed by atoms with E-state index in [1.807, 2.05) is 0 Å². The molecule has 0 bridgehead atoms. The molecular formula is C9H15N7O2. The molecule has 9 heteroatoms. The lowest BCUT2D eigenvalue weighted by Crippen LogP contribution is -2.49. The number of amides is 1. The number of nitrogen functional groups attached to an aromatic ring is 1. The van der Waals surface area contributed by atoms with Crippen LogP contribution in [0.5, 0.6) is 6.01 Å². The second-order valence-corrected chi connectivity index (χ2v) is 3.83. The van der Waals surface area contributed by atoms with Crippen molar-refractivity contribution in [2.45, 2.75) is 0 Å². The average molecular weight is 253 g/mol. The molecule has 98 valence electrons. The summed E-state index contributed by atoms with van der Waals surface area (Å²) in [5.74, 6) is 5.85. The SMILES string of the molecule is COc1nc(NN)nc(N2CCN(C)C(=O)C2)n1. The summed E-state index contributed by atoms with van der Waals surface area (Å²) >= 11 is 0. The molecule has 0 spiro atoms. The summed E-state index contributed by atoms with van der Waals surface area (Å²) in [4.78, 5) is 27.1. The highest BCUT2D eigenvalue weighted by molar-refractivity contribution is 5.81. The third-order valence-electron chi connectivity index (χ3n) is 2.65. The maximum absolute atomic E-state index is 11.6. The molecule has 3 N–H and O–H groups in total. The number of carbonyl (C=O) groups is 1. The van der Waals surface area contributed by atoms with E-state index in [-0.39, 0.29) is 24.4 Å². The van der Waals surface area contributed by atoms with E-state index < -0.39 is 0 Å². The van der Waals surface area contributed by atoms with Crippen LogP contribution in [0.15, 0.2) is 0 Å². The zero-order valence-electron chi connectivity index (χ0n) is 10.3. The number of hydrazine groups is 1. The fraction of sp³-hybridized carbons (Fsp3) is 0.556. The Balaban J connectivity index is 2.24. The van der Waals surface area contributed by atoms with Gasteiger partial charge in [0.25, 0.3) is 0 Å². The third kappa shape index (κ3) is 2.40. The largest absolute Gasteiger partial charge is 0.467 e. The van der Waals surface area contributed by atoms with E-state index >= 15 is 0 Å². The minimum atomic E-state index is 0.0166. The molecule has 2 heterocycles. The Morgan fingerprint density at radius 1 is 1.33 bits per heavy atom. The lowest BCUT2D eigenvalue weighted by atomic mass is 10.3. The van der Waals surface area contributed by atoms with Crippen LogP contribution in [-0.2, 0) is 4.79 Å². The molecule has 0 aromatic carbocycles. The van der Waals surface area contributed by atoms with Gasteiger partial charge in [-0.15, -0.1) is 0 Å². The number of rotatable bonds is 3. The molecule has 2 rings (SSSR count). The second kappa shape index (κ2) is 5.00. The molecule has 0 saturated carbocycles. The molecule has 0 atom stereocenters. The molecule has 1 fully saturated rings. The molecular weight excluding hydrogens is 238 g/mol. The molecule has 1 aromatic heterocycles. The number of nitrogens with one attached hydrogen (secondary N) is 1. The highest BCUT2D eigenvalue weighted by atomic mass is 16.5. The fourth-order valence-corrected chi connectivity index (χ4v) is 1.57. The van der Waals surface area contributed by atoms with Crippen molar-refractivity contribution in [2.24, 2.45) is 5.84 Å². The standard InChI is InChI=1S/C9H15N7O2/c1-15-3-4-16(5-6(15)17)8-11-7(14-10)12-9(13-8)18-2/h3-5,10H2,1-2H3,(H,11,12,13,14). The zero-order valence-corrected chi connectivity index (χ0v) is 10.3. The normalized spacial score (nSPS) is 15.8. The number of aromatic nitrogens is 3. The Morgan fingerprint density at radius 2 is 2.11 bits per heavy atom. The van der Waals surface area contributed by atoms with Crippen LogP contribution >= 0.6 is 0 Å². The predicted molar refractivity (Wildman–Crippen MR) is 64.0 cm³/mol. The maximum atomic E-state index is 11.6. The molecule has 0 aliphatic carbocycles. The molecule has 1 aliphatic rings. The van der Waals surface area contributed by atoms with Crippen molar-refractivity contribution >= 4 is 17.8 Å². The van der Waals surface area contributed by atoms with Gasteiger partial charge in [0.05, 0.1) is 13.7 Å². The summed E-state index contributed by atoms with van der Waals surface area (Å²) < 4.78 is 4.96. The minimum absolute atomic E-state index is 0.0166. The van der Waals surface area contributed by atoms with Crippen molar-refractivity contribution < 1.29 is 9.53 Å². The molecule has 1 aliphatic heterocycles. The van der Waals surface area contributed by atoms with Gasteiger partial charge in [0.15, 0.2) is 0 Å². The van der Waals surface area contributed by atoms with E-state index in [0.29, 0.717) is 19.0 Å². The Kier molecular flexibility index (Phi) is 3.42. The third-order valence-corrected chi connectivity index (χ3v) is 2.65. The summed E-state index contributed by atoms with van der Waals surface area (Å²) in [6.07, 6.45) is 0. The topological polar surface area (TPSA) is 109 Å². The molecule has 9 nitrogen and oxygen atoms in total. The number of hydrogen-bond acceptors (Lipinski definition) is 8. The Hall–Kier alpha value is -2.16. The van der Waals surface area contributed by atoms with Gasteiger partial charge in [-0.2, -0.15) is 15.0 Å². The first kappa shape index (κ1) is 12.3. The number of hydrogen-bond donors (Lipinski definition) is 2. The Morgan fingerprint density at radius 3 is 2.72 bits per heavy atom. The number of piperazine rings is 1. The highest BCUT2D eigenvalue weighted by Gasteiger charge is 2.24. The first-order chi connectivity index (χ1) is 8.63. The lowest BCUT2D eigenvalue weighted by molar-refractivity contribution is -0.129. The lowest BCUT2D eigenvalue weighted by Gasteiger charge is -2.31. The van der Waals surface area contributed by atoms with Crippen LogP contribution in [-0.4, -0.2) is 59.6 Å². The monoisotopic (exact) mass is 253 g/mol. The van der Waals surface area contributed by atoms with Gasteiger partial charge in [0.1, 0.15) is 0 Å². The minimum Gasteiger partial charge on any atom is -0.467 e. The van der Waals surface area contributed by atoms with Crippen LogP contribution in [0.25, 0.3) is 0 Å². The van der Waals surface area contributed by atoms with E-state index in [0.717, 1.165) is 0 Å². The number of anilines is 2. The van der Waals surface area contributed by atoms with E-state index in [1.54, 1.807) is 16.8 Å². The van der Waals surface area contributed by atoms with Crippen LogP contribution < -0.4 is 20.9 Å². The van der Waals surface area contributed by atoms with Crippen molar-refractivity contribution in [3.63, 3.8) is 0 Å². The highest BCUT2D eigenvalue weighted by Crippen LogP contribution is 2.15. The van der Waals surface area contributed by atoms with Crippen molar-refractivity contribution in [2.75, 3.05) is 44.1 Å². The summed E-state index contributed by atoms with van der Waals surface area (Å²) in [7, 11) is 3.22. The number of nitrogens with zero attached hydrogens (tertiary/aromatic N) is 5. The fourth-order valence-electron chi connectivity index (χ4n) is 1.57. The number of likely N-dealkylation sites (N-methyl/N-ethyl adjacent to an activating group) is 1. The van der Waals surface area contributed by atoms with Crippen LogP contribution in [0.3, 0.4) is 0 Å². The molecule has 18 heavy (non-hydrogen) atoms. The van der Waals surface area contributed by atoms with Gasteiger partial charge in [0, 0.05) is 20.1 Å². The van der Waals surface area contributed by atoms with Crippen LogP contribution in [0.4, 0.5) is 11.9 Å². The van der Waals surface area contributed by atoms with Crippen LogP contribution in [0.1, 0.15) is 0 Å². The van der Waals surface area contributed by atoms with Gasteiger partial charge in [-0.05, 0) is 0 Å². The number of carbonyl (C=O) groups excluding carboxylic acids is 1. The van der Waals surface area contributed by atoms with Crippen LogP contribution in [0.2, 0.25) is 0 Å². The summed E-state index contributed by atoms with van der Waals surface area (Å²) in [6, 6.07) is 0.152. The van der Waals surface area contributed by atoms with Gasteiger partial charge >= 0.3 is 6.01 Å². The first-order valence-corrected chi connectivity index (χ1v) is 5.39. The van der Waals surface area contributed by atoms with Crippen LogP contribution in [0, 0.1) is 0 Å². The van der Waals surface area contributed by atoms with Gasteiger partial charge in [-0.25, -0.2) is 5.84 Å². The number of nitrogens with two attached hydrogens (primary N) is 1. The van der Waals surface area contributed by atoms with Gasteiger partial charge in [-0.1, -0.05) is 0 Å². The number of methoxy groups -OCH3 is 1. The Bertz CT molecular complexity index is 430. The van der Waals surface area contributed by atoms with Gasteiger partial charge in [-0.3, -0.25) is 10.2 Å². The average Bonchev–Trinajstić information content (AvgIpc) is 2.41. The van der Waals surface area contributed by atoms with E-state index in [2.05, 4.69) is 20.4 Å². The van der Waals surface area contributed by atoms with E-state index in [4.69, 9.17) is 10.6 Å². The molecule has 1 saturated heterocycles. The first-order valence-electron chi connectivity index (χ1n) is 5.39. The summed E-state index contributed by atoms with van der Waals surface area (Å²) in [6.45, 7) is 1.51. The maximum Gasteiger partial charge on any atom is 0.322 e. The van der Waals surface area contributed by atoms with Crippen molar-refractivity contribution in [3.8, 4) is 6.01 Å². The van der Waals surface area contributed by atoms with Gasteiger partial charge < -0.3 is 14.5 Å². The van der Waals surface area contributed by atoms with Crippen molar-refractivity contribution in [1.82, 2.24) is 19.9 Å². The molecule has 1 amide bonds. The molecule has 1 aromatic rings. The summed E-state index contributed by atoms with van der Waals surface area (Å²) in [5.41, 5.74) is 2.34. The van der Waals surface area contributed by atoms with Crippen molar-refractivity contribution in [3.05, 3.63) is 0 Å². The quantitative estimate of drug-likeness (QED) is 0.492. The predicted octanol–water partition coefficient (Wildman–Crippen LogP) is -1.56. The summed E-state index contributed by atoms with van der Waals surface area (Å²) in [5, 5.41) is 0. The van der Waals surface area contributed by atoms with E-state index in [1.165, 1.54) is 7.11 Å². The van der Waals surface area contributed by atoms with E-state index in [9.17, 15) is 4.79 Å². The molecule has 0 radical (unpaired) electrons. The number of ether oxygens (including phenoxy) is 1. The second-order valence-electron chi connectivity index (χ2n) is 3.83. The Labute approximate surface area is 104 Å².